The van der Waals surface area contributed by atoms with Crippen LogP contribution in [0.5, 0.6) is 0 Å². The van der Waals surface area contributed by atoms with Crippen molar-refractivity contribution in [2.75, 3.05) is 33.4 Å². The van der Waals surface area contributed by atoms with Crippen LogP contribution in [-0.2, 0) is 9.47 Å². The molecule has 0 radical (unpaired) electrons. The first-order chi connectivity index (χ1) is 10.1. The van der Waals surface area contributed by atoms with Gasteiger partial charge in [-0.2, -0.15) is 0 Å². The Morgan fingerprint density at radius 3 is 2.71 bits per heavy atom. The number of nitrogens with two attached hydrogens (primary N) is 1. The van der Waals surface area contributed by atoms with E-state index in [9.17, 15) is 0 Å². The van der Waals surface area contributed by atoms with Gasteiger partial charge in [0.05, 0.1) is 24.1 Å². The van der Waals surface area contributed by atoms with Crippen LogP contribution in [0.4, 0.5) is 0 Å². The Morgan fingerprint density at radius 2 is 2.05 bits per heavy atom. The summed E-state index contributed by atoms with van der Waals surface area (Å²) in [6.07, 6.45) is 9.87. The van der Waals surface area contributed by atoms with Gasteiger partial charge in [-0.15, -0.1) is 0 Å². The minimum Gasteiger partial charge on any atom is -0.388 e. The van der Waals surface area contributed by atoms with E-state index in [1.807, 2.05) is 0 Å². The number of methoxy groups -OCH3 is 1. The summed E-state index contributed by atoms with van der Waals surface area (Å²) in [6.45, 7) is 3.37. The summed E-state index contributed by atoms with van der Waals surface area (Å²) in [5.41, 5.74) is 5.67. The van der Waals surface area contributed by atoms with E-state index in [0.717, 1.165) is 26.2 Å². The van der Waals surface area contributed by atoms with Crippen LogP contribution < -0.4 is 5.73 Å². The molecule has 0 aromatic rings. The Labute approximate surface area is 128 Å². The van der Waals surface area contributed by atoms with Crippen LogP contribution in [-0.4, -0.2) is 55.8 Å². The molecule has 1 unspecified atom stereocenters. The molecule has 2 fully saturated rings. The van der Waals surface area contributed by atoms with Crippen molar-refractivity contribution >= 4 is 5.84 Å². The highest BCUT2D eigenvalue weighted by atomic mass is 16.5. The topological polar surface area (TPSA) is 71.6 Å². The van der Waals surface area contributed by atoms with Gasteiger partial charge in [0.1, 0.15) is 0 Å². The first-order valence-electron chi connectivity index (χ1n) is 8.35. The van der Waals surface area contributed by atoms with E-state index in [0.29, 0.717) is 12.5 Å². The number of ether oxygens (including phenoxy) is 2. The van der Waals surface area contributed by atoms with Crippen LogP contribution in [0.15, 0.2) is 0 Å². The maximum Gasteiger partial charge on any atom is 0.0918 e. The van der Waals surface area contributed by atoms with E-state index >= 15 is 0 Å². The third-order valence-electron chi connectivity index (χ3n) is 4.87. The highest BCUT2D eigenvalue weighted by Gasteiger charge is 2.41. The zero-order chi connectivity index (χ0) is 15.1. The fraction of sp³-hybridized carbons (Fsp3) is 0.938. The van der Waals surface area contributed by atoms with Crippen molar-refractivity contribution in [3.8, 4) is 0 Å². The van der Waals surface area contributed by atoms with Gasteiger partial charge in [0.25, 0.3) is 0 Å². The Bertz CT molecular complexity index is 329. The lowest BCUT2D eigenvalue weighted by atomic mass is 9.83. The first-order valence-corrected chi connectivity index (χ1v) is 8.35. The Morgan fingerprint density at radius 1 is 1.29 bits per heavy atom. The molecule has 3 N–H and O–H groups in total. The number of amidine groups is 1. The molecule has 1 aliphatic heterocycles. The molecule has 0 bridgehead atoms. The van der Waals surface area contributed by atoms with Crippen LogP contribution in [0.25, 0.3) is 0 Å². The highest BCUT2D eigenvalue weighted by molar-refractivity contribution is 5.76. The number of nitrogens with zero attached hydrogens (tertiary/aromatic N) is 1. The molecule has 5 nitrogen and oxygen atoms in total. The molecule has 2 rings (SSSR count). The van der Waals surface area contributed by atoms with Gasteiger partial charge in [0.2, 0.25) is 0 Å². The molecule has 0 amide bonds. The quantitative estimate of drug-likeness (QED) is 0.532. The smallest absolute Gasteiger partial charge is 0.0918 e. The van der Waals surface area contributed by atoms with Gasteiger partial charge in [-0.3, -0.25) is 10.3 Å². The maximum absolute atomic E-state index is 7.39. The summed E-state index contributed by atoms with van der Waals surface area (Å²) < 4.78 is 11.6. The lowest BCUT2D eigenvalue weighted by Gasteiger charge is -2.34. The molecular weight excluding hydrogens is 266 g/mol. The van der Waals surface area contributed by atoms with Gasteiger partial charge >= 0.3 is 0 Å². The van der Waals surface area contributed by atoms with Crippen LogP contribution in [0.2, 0.25) is 0 Å². The standard InChI is InChI=1S/C16H31N3O2/c1-20-12-11-19(10-6-15(17)18)13-14-5-9-16(21-14)7-3-2-4-8-16/h14H,2-13H2,1H3,(H3,17,18). The molecule has 1 heterocycles. The number of rotatable bonds is 8. The highest BCUT2D eigenvalue weighted by Crippen LogP contribution is 2.41. The van der Waals surface area contributed by atoms with Gasteiger partial charge in [-0.25, -0.2) is 0 Å². The zero-order valence-electron chi connectivity index (χ0n) is 13.4. The molecule has 21 heavy (non-hydrogen) atoms. The third-order valence-corrected chi connectivity index (χ3v) is 4.87. The van der Waals surface area contributed by atoms with Crippen LogP contribution in [0.3, 0.4) is 0 Å². The molecule has 122 valence electrons. The zero-order valence-corrected chi connectivity index (χ0v) is 13.4. The molecule has 1 atom stereocenters. The Hall–Kier alpha value is -0.650. The SMILES string of the molecule is COCCN(CCC(=N)N)CC1CCC2(CCCCC2)O1. The molecule has 0 aromatic carbocycles. The second kappa shape index (κ2) is 8.11. The average molecular weight is 297 g/mol. The molecule has 0 aromatic heterocycles. The van der Waals surface area contributed by atoms with Crippen LogP contribution in [0.1, 0.15) is 51.4 Å². The van der Waals surface area contributed by atoms with Gasteiger partial charge in [-0.1, -0.05) is 19.3 Å². The van der Waals surface area contributed by atoms with Gasteiger partial charge in [0.15, 0.2) is 0 Å². The molecule has 1 saturated heterocycles. The van der Waals surface area contributed by atoms with E-state index in [4.69, 9.17) is 20.6 Å². The van der Waals surface area contributed by atoms with Crippen molar-refractivity contribution in [1.82, 2.24) is 4.90 Å². The predicted molar refractivity (Wildman–Crippen MR) is 84.8 cm³/mol. The van der Waals surface area contributed by atoms with E-state index in [2.05, 4.69) is 4.90 Å². The van der Waals surface area contributed by atoms with E-state index in [1.165, 1.54) is 44.9 Å². The van der Waals surface area contributed by atoms with Crippen molar-refractivity contribution in [3.05, 3.63) is 0 Å². The van der Waals surface area contributed by atoms with Crippen molar-refractivity contribution in [2.24, 2.45) is 5.73 Å². The van der Waals surface area contributed by atoms with E-state index in [1.54, 1.807) is 7.11 Å². The molecule has 5 heteroatoms. The lowest BCUT2D eigenvalue weighted by molar-refractivity contribution is -0.0725. The fourth-order valence-corrected chi connectivity index (χ4v) is 3.67. The van der Waals surface area contributed by atoms with Crippen LogP contribution in [0, 0.1) is 5.41 Å². The number of hydrogen-bond acceptors (Lipinski definition) is 4. The summed E-state index contributed by atoms with van der Waals surface area (Å²) in [5.74, 6) is 0.258. The Balaban J connectivity index is 1.80. The van der Waals surface area contributed by atoms with Crippen molar-refractivity contribution in [1.29, 1.82) is 5.41 Å². The van der Waals surface area contributed by atoms with E-state index in [-0.39, 0.29) is 11.4 Å². The van der Waals surface area contributed by atoms with Crippen molar-refractivity contribution < 1.29 is 9.47 Å². The summed E-state index contributed by atoms with van der Waals surface area (Å²) in [6, 6.07) is 0. The Kier molecular flexibility index (Phi) is 6.45. The first kappa shape index (κ1) is 16.7. The van der Waals surface area contributed by atoms with Crippen molar-refractivity contribution in [2.45, 2.75) is 63.1 Å². The minimum atomic E-state index is 0.191. The number of nitrogens with one attached hydrogen (secondary N) is 1. The largest absolute Gasteiger partial charge is 0.388 e. The van der Waals surface area contributed by atoms with Gasteiger partial charge in [-0.05, 0) is 25.7 Å². The average Bonchev–Trinajstić information content (AvgIpc) is 2.85. The monoisotopic (exact) mass is 297 g/mol. The van der Waals surface area contributed by atoms with Crippen molar-refractivity contribution in [3.63, 3.8) is 0 Å². The molecule has 2 aliphatic rings. The predicted octanol–water partition coefficient (Wildman–Crippen LogP) is 2.14. The third kappa shape index (κ3) is 5.24. The minimum absolute atomic E-state index is 0.191. The normalized spacial score (nSPS) is 24.8. The summed E-state index contributed by atoms with van der Waals surface area (Å²) in [7, 11) is 1.73. The van der Waals surface area contributed by atoms with Gasteiger partial charge < -0.3 is 15.2 Å². The van der Waals surface area contributed by atoms with Crippen LogP contribution >= 0.6 is 0 Å². The summed E-state index contributed by atoms with van der Waals surface area (Å²) >= 11 is 0. The summed E-state index contributed by atoms with van der Waals surface area (Å²) in [4.78, 5) is 2.33. The molecule has 1 spiro atoms. The second-order valence-electron chi connectivity index (χ2n) is 6.59. The fourth-order valence-electron chi connectivity index (χ4n) is 3.67. The lowest BCUT2D eigenvalue weighted by Crippen LogP contribution is -2.39. The van der Waals surface area contributed by atoms with Gasteiger partial charge in [0, 0.05) is 33.2 Å². The molecule has 1 aliphatic carbocycles. The maximum atomic E-state index is 7.39. The number of hydrogen-bond donors (Lipinski definition) is 2. The molecule has 1 saturated carbocycles. The molecular formula is C16H31N3O2. The second-order valence-corrected chi connectivity index (χ2v) is 6.59. The van der Waals surface area contributed by atoms with E-state index < -0.39 is 0 Å². The summed E-state index contributed by atoms with van der Waals surface area (Å²) in [5, 5.41) is 7.39.